The number of pyridine rings is 1. The third-order valence-electron chi connectivity index (χ3n) is 3.86. The molecule has 0 bridgehead atoms. The molecular formula is C19H17Cl2N3O4. The van der Waals surface area contributed by atoms with Gasteiger partial charge in [0.05, 0.1) is 28.5 Å². The average Bonchev–Trinajstić information content (AvgIpc) is 3.17. The number of halogens is 2. The zero-order chi connectivity index (χ0) is 20.1. The standard InChI is InChI=1S/C19H17Cl2N3O4/c1-3-12-7-13(28-24-12)10-27-17-6-11(4-5-16(17)26-2)19(25)23-18-14(20)8-22-9-15(18)21/h4-9H,3,10H2,1-2H3,(H,22,23,25). The van der Waals surface area contributed by atoms with E-state index in [1.54, 1.807) is 18.2 Å². The number of carbonyl (C=O) groups is 1. The summed E-state index contributed by atoms with van der Waals surface area (Å²) in [5.41, 5.74) is 1.46. The second-order valence-corrected chi connectivity index (χ2v) is 6.54. The fourth-order valence-electron chi connectivity index (χ4n) is 2.39. The lowest BCUT2D eigenvalue weighted by molar-refractivity contribution is 0.102. The van der Waals surface area contributed by atoms with Crippen LogP contribution in [-0.4, -0.2) is 23.2 Å². The minimum Gasteiger partial charge on any atom is -0.493 e. The first-order valence-electron chi connectivity index (χ1n) is 8.37. The Kier molecular flexibility index (Phi) is 6.38. The number of carbonyl (C=O) groups excluding carboxylic acids is 1. The van der Waals surface area contributed by atoms with E-state index in [2.05, 4.69) is 15.5 Å². The van der Waals surface area contributed by atoms with Gasteiger partial charge >= 0.3 is 0 Å². The lowest BCUT2D eigenvalue weighted by Crippen LogP contribution is -2.13. The lowest BCUT2D eigenvalue weighted by Gasteiger charge is -2.12. The Bertz CT molecular complexity index is 971. The highest BCUT2D eigenvalue weighted by atomic mass is 35.5. The van der Waals surface area contributed by atoms with Crippen LogP contribution in [0.5, 0.6) is 11.5 Å². The number of rotatable bonds is 7. The summed E-state index contributed by atoms with van der Waals surface area (Å²) in [5.74, 6) is 1.03. The van der Waals surface area contributed by atoms with Crippen LogP contribution >= 0.6 is 23.2 Å². The predicted octanol–water partition coefficient (Wildman–Crippen LogP) is 4.78. The van der Waals surface area contributed by atoms with Gasteiger partial charge in [0.25, 0.3) is 5.91 Å². The molecule has 7 nitrogen and oxygen atoms in total. The molecule has 0 saturated heterocycles. The number of aromatic nitrogens is 2. The highest BCUT2D eigenvalue weighted by Crippen LogP contribution is 2.31. The smallest absolute Gasteiger partial charge is 0.255 e. The van der Waals surface area contributed by atoms with Crippen molar-refractivity contribution in [2.45, 2.75) is 20.0 Å². The molecule has 1 aromatic carbocycles. The van der Waals surface area contributed by atoms with E-state index >= 15 is 0 Å². The molecule has 1 N–H and O–H groups in total. The Hall–Kier alpha value is -2.77. The summed E-state index contributed by atoms with van der Waals surface area (Å²) in [6.07, 6.45) is 3.56. The second-order valence-electron chi connectivity index (χ2n) is 5.72. The molecule has 0 aliphatic rings. The van der Waals surface area contributed by atoms with Crippen molar-refractivity contribution in [2.75, 3.05) is 12.4 Å². The van der Waals surface area contributed by atoms with Crippen molar-refractivity contribution in [1.82, 2.24) is 10.1 Å². The molecule has 0 aliphatic heterocycles. The van der Waals surface area contributed by atoms with Gasteiger partial charge in [0, 0.05) is 24.0 Å². The number of hydrogen-bond donors (Lipinski definition) is 1. The van der Waals surface area contributed by atoms with Crippen molar-refractivity contribution in [3.8, 4) is 11.5 Å². The molecule has 2 aromatic heterocycles. The Labute approximate surface area is 171 Å². The molecule has 2 heterocycles. The molecule has 0 aliphatic carbocycles. The molecule has 0 saturated carbocycles. The maximum absolute atomic E-state index is 12.6. The first-order valence-corrected chi connectivity index (χ1v) is 9.13. The molecule has 1 amide bonds. The lowest BCUT2D eigenvalue weighted by atomic mass is 10.2. The normalized spacial score (nSPS) is 10.6. The molecule has 146 valence electrons. The van der Waals surface area contributed by atoms with Crippen molar-refractivity contribution in [3.63, 3.8) is 0 Å². The Balaban J connectivity index is 1.78. The van der Waals surface area contributed by atoms with Crippen molar-refractivity contribution < 1.29 is 18.8 Å². The first kappa shape index (κ1) is 20.0. The molecule has 0 radical (unpaired) electrons. The van der Waals surface area contributed by atoms with Crippen LogP contribution in [0, 0.1) is 0 Å². The van der Waals surface area contributed by atoms with Crippen LogP contribution in [0.15, 0.2) is 41.2 Å². The molecule has 0 atom stereocenters. The summed E-state index contributed by atoms with van der Waals surface area (Å²) in [7, 11) is 1.52. The zero-order valence-corrected chi connectivity index (χ0v) is 16.7. The predicted molar refractivity (Wildman–Crippen MR) is 105 cm³/mol. The summed E-state index contributed by atoms with van der Waals surface area (Å²) in [4.78, 5) is 16.5. The second kappa shape index (κ2) is 8.95. The summed E-state index contributed by atoms with van der Waals surface area (Å²) in [5, 5.41) is 7.07. The van der Waals surface area contributed by atoms with Gasteiger partial charge in [0.1, 0.15) is 6.61 Å². The van der Waals surface area contributed by atoms with Gasteiger partial charge in [-0.15, -0.1) is 0 Å². The average molecular weight is 422 g/mol. The van der Waals surface area contributed by atoms with Crippen LogP contribution in [-0.2, 0) is 13.0 Å². The Morgan fingerprint density at radius 1 is 1.18 bits per heavy atom. The van der Waals surface area contributed by atoms with Crippen LogP contribution < -0.4 is 14.8 Å². The zero-order valence-electron chi connectivity index (χ0n) is 15.2. The van der Waals surface area contributed by atoms with Gasteiger partial charge in [0.15, 0.2) is 17.3 Å². The van der Waals surface area contributed by atoms with E-state index in [4.69, 9.17) is 37.2 Å². The number of nitrogens with one attached hydrogen (secondary N) is 1. The first-order chi connectivity index (χ1) is 13.5. The SMILES string of the molecule is CCc1cc(COc2cc(C(=O)Nc3c(Cl)cncc3Cl)ccc2OC)on1. The van der Waals surface area contributed by atoms with Crippen LogP contribution in [0.4, 0.5) is 5.69 Å². The molecule has 0 spiro atoms. The monoisotopic (exact) mass is 421 g/mol. The fourth-order valence-corrected chi connectivity index (χ4v) is 2.85. The van der Waals surface area contributed by atoms with E-state index < -0.39 is 5.91 Å². The molecule has 0 unspecified atom stereocenters. The summed E-state index contributed by atoms with van der Waals surface area (Å²) >= 11 is 12.1. The van der Waals surface area contributed by atoms with Gasteiger partial charge in [-0.25, -0.2) is 0 Å². The van der Waals surface area contributed by atoms with E-state index in [1.807, 2.05) is 13.0 Å². The largest absolute Gasteiger partial charge is 0.493 e. The van der Waals surface area contributed by atoms with Crippen LogP contribution in [0.3, 0.4) is 0 Å². The minimum absolute atomic E-state index is 0.149. The highest BCUT2D eigenvalue weighted by molar-refractivity contribution is 6.39. The van der Waals surface area contributed by atoms with Crippen molar-refractivity contribution >= 4 is 34.8 Å². The Morgan fingerprint density at radius 2 is 1.93 bits per heavy atom. The minimum atomic E-state index is -0.407. The van der Waals surface area contributed by atoms with E-state index in [1.165, 1.54) is 19.5 Å². The van der Waals surface area contributed by atoms with Crippen LogP contribution in [0.1, 0.15) is 28.7 Å². The fraction of sp³-hybridized carbons (Fsp3) is 0.211. The number of amides is 1. The number of ether oxygens (including phenoxy) is 2. The number of methoxy groups -OCH3 is 1. The summed E-state index contributed by atoms with van der Waals surface area (Å²) < 4.78 is 16.3. The highest BCUT2D eigenvalue weighted by Gasteiger charge is 2.15. The van der Waals surface area contributed by atoms with E-state index in [0.717, 1.165) is 12.1 Å². The number of aryl methyl sites for hydroxylation is 1. The van der Waals surface area contributed by atoms with Gasteiger partial charge in [-0.3, -0.25) is 9.78 Å². The molecular weight excluding hydrogens is 405 g/mol. The number of benzene rings is 1. The van der Waals surface area contributed by atoms with Gasteiger partial charge in [0.2, 0.25) is 0 Å². The van der Waals surface area contributed by atoms with Gasteiger partial charge < -0.3 is 19.3 Å². The number of hydrogen-bond acceptors (Lipinski definition) is 6. The molecule has 3 aromatic rings. The summed E-state index contributed by atoms with van der Waals surface area (Å²) in [6, 6.07) is 6.62. The van der Waals surface area contributed by atoms with Gasteiger partial charge in [-0.1, -0.05) is 35.3 Å². The number of anilines is 1. The van der Waals surface area contributed by atoms with Crippen molar-refractivity contribution in [3.05, 3.63) is 63.7 Å². The molecule has 28 heavy (non-hydrogen) atoms. The van der Waals surface area contributed by atoms with Crippen LogP contribution in [0.2, 0.25) is 10.0 Å². The maximum atomic E-state index is 12.6. The van der Waals surface area contributed by atoms with Crippen molar-refractivity contribution in [2.24, 2.45) is 0 Å². The van der Waals surface area contributed by atoms with E-state index in [9.17, 15) is 4.79 Å². The van der Waals surface area contributed by atoms with E-state index in [0.29, 0.717) is 22.8 Å². The van der Waals surface area contributed by atoms with Gasteiger partial charge in [-0.05, 0) is 24.6 Å². The quantitative estimate of drug-likeness (QED) is 0.590. The van der Waals surface area contributed by atoms with E-state index in [-0.39, 0.29) is 22.3 Å². The summed E-state index contributed by atoms with van der Waals surface area (Å²) in [6.45, 7) is 2.13. The molecule has 9 heteroatoms. The van der Waals surface area contributed by atoms with Gasteiger partial charge in [-0.2, -0.15) is 0 Å². The number of nitrogens with zero attached hydrogens (tertiary/aromatic N) is 2. The maximum Gasteiger partial charge on any atom is 0.255 e. The molecule has 3 rings (SSSR count). The van der Waals surface area contributed by atoms with Crippen molar-refractivity contribution in [1.29, 1.82) is 0 Å². The Morgan fingerprint density at radius 3 is 2.57 bits per heavy atom. The molecule has 0 fully saturated rings. The third kappa shape index (κ3) is 4.55. The third-order valence-corrected chi connectivity index (χ3v) is 4.43. The topological polar surface area (TPSA) is 86.5 Å². The van der Waals surface area contributed by atoms with Crippen LogP contribution in [0.25, 0.3) is 0 Å².